The van der Waals surface area contributed by atoms with Crippen molar-refractivity contribution in [3.8, 4) is 0 Å². The number of likely N-dealkylation sites (N-methyl/N-ethyl adjacent to an activating group) is 1. The summed E-state index contributed by atoms with van der Waals surface area (Å²) in [7, 11) is 2.01. The summed E-state index contributed by atoms with van der Waals surface area (Å²) in [5, 5.41) is 3.26. The van der Waals surface area contributed by atoms with E-state index in [1.807, 2.05) is 13.4 Å². The third-order valence-electron chi connectivity index (χ3n) is 3.07. The van der Waals surface area contributed by atoms with Crippen molar-refractivity contribution >= 4 is 0 Å². The van der Waals surface area contributed by atoms with Gasteiger partial charge in [0.2, 0.25) is 0 Å². The van der Waals surface area contributed by atoms with Crippen LogP contribution in [-0.2, 0) is 19.4 Å². The fourth-order valence-corrected chi connectivity index (χ4v) is 2.07. The van der Waals surface area contributed by atoms with E-state index < -0.39 is 0 Å². The smallest absolute Gasteiger partial charge is 0.0952 e. The number of nitrogens with zero attached hydrogens (tertiary/aromatic N) is 2. The number of aryl methyl sites for hydroxylation is 1. The zero-order chi connectivity index (χ0) is 9.97. The zero-order valence-electron chi connectivity index (χ0n) is 9.08. The number of aromatic nitrogens is 2. The number of imidazole rings is 1. The molecule has 0 saturated heterocycles. The predicted octanol–water partition coefficient (Wildman–Crippen LogP) is 1.37. The first-order chi connectivity index (χ1) is 6.81. The Morgan fingerprint density at radius 3 is 3.07 bits per heavy atom. The summed E-state index contributed by atoms with van der Waals surface area (Å²) in [6.07, 6.45) is 7.03. The summed E-state index contributed by atoms with van der Waals surface area (Å²) >= 11 is 0. The van der Waals surface area contributed by atoms with Crippen molar-refractivity contribution in [2.75, 3.05) is 7.05 Å². The molecular weight excluding hydrogens is 174 g/mol. The van der Waals surface area contributed by atoms with E-state index in [1.54, 1.807) is 0 Å². The first kappa shape index (κ1) is 9.71. The quantitative estimate of drug-likeness (QED) is 0.785. The molecule has 1 aromatic rings. The third-order valence-corrected chi connectivity index (χ3v) is 3.07. The fourth-order valence-electron chi connectivity index (χ4n) is 2.07. The van der Waals surface area contributed by atoms with Gasteiger partial charge in [-0.2, -0.15) is 0 Å². The second-order valence-electron chi connectivity index (χ2n) is 4.19. The average molecular weight is 193 g/mol. The third kappa shape index (κ3) is 1.82. The van der Waals surface area contributed by atoms with E-state index in [4.69, 9.17) is 0 Å². The van der Waals surface area contributed by atoms with Gasteiger partial charge in [-0.1, -0.05) is 0 Å². The largest absolute Gasteiger partial charge is 0.333 e. The molecule has 1 aliphatic rings. The summed E-state index contributed by atoms with van der Waals surface area (Å²) in [5.74, 6) is 0. The van der Waals surface area contributed by atoms with E-state index in [0.29, 0.717) is 6.04 Å². The maximum Gasteiger partial charge on any atom is 0.0952 e. The minimum Gasteiger partial charge on any atom is -0.333 e. The standard InChI is InChI=1S/C11H19N3/c1-9(12-2)7-14-8-13-10-5-3-4-6-11(10)14/h8-9,12H,3-7H2,1-2H3. The molecule has 0 amide bonds. The maximum absolute atomic E-state index is 4.48. The molecule has 1 N–H and O–H groups in total. The van der Waals surface area contributed by atoms with Crippen LogP contribution in [0.5, 0.6) is 0 Å². The van der Waals surface area contributed by atoms with Crippen LogP contribution in [0.2, 0.25) is 0 Å². The van der Waals surface area contributed by atoms with Gasteiger partial charge in [0.1, 0.15) is 0 Å². The molecular formula is C11H19N3. The van der Waals surface area contributed by atoms with Crippen LogP contribution >= 0.6 is 0 Å². The monoisotopic (exact) mass is 193 g/mol. The molecule has 1 unspecified atom stereocenters. The zero-order valence-corrected chi connectivity index (χ0v) is 9.08. The van der Waals surface area contributed by atoms with Gasteiger partial charge in [-0.15, -0.1) is 0 Å². The van der Waals surface area contributed by atoms with Crippen LogP contribution in [0.15, 0.2) is 6.33 Å². The number of hydrogen-bond acceptors (Lipinski definition) is 2. The van der Waals surface area contributed by atoms with E-state index in [-0.39, 0.29) is 0 Å². The van der Waals surface area contributed by atoms with Crippen LogP contribution in [-0.4, -0.2) is 22.6 Å². The molecule has 1 aliphatic carbocycles. The molecule has 14 heavy (non-hydrogen) atoms. The molecule has 0 radical (unpaired) electrons. The van der Waals surface area contributed by atoms with Crippen molar-refractivity contribution in [1.29, 1.82) is 0 Å². The summed E-state index contributed by atoms with van der Waals surface area (Å²) < 4.78 is 2.32. The van der Waals surface area contributed by atoms with Crippen LogP contribution in [0.4, 0.5) is 0 Å². The van der Waals surface area contributed by atoms with E-state index in [1.165, 1.54) is 37.1 Å². The minimum absolute atomic E-state index is 0.523. The number of fused-ring (bicyclic) bond motifs is 1. The first-order valence-corrected chi connectivity index (χ1v) is 5.51. The molecule has 3 nitrogen and oxygen atoms in total. The lowest BCUT2D eigenvalue weighted by Gasteiger charge is -2.16. The summed E-state index contributed by atoms with van der Waals surface area (Å²) in [4.78, 5) is 4.48. The topological polar surface area (TPSA) is 29.9 Å². The van der Waals surface area contributed by atoms with Crippen LogP contribution in [0.1, 0.15) is 31.2 Å². The Bertz CT molecular complexity index is 303. The lowest BCUT2D eigenvalue weighted by molar-refractivity contribution is 0.496. The second kappa shape index (κ2) is 4.13. The summed E-state index contributed by atoms with van der Waals surface area (Å²) in [5.41, 5.74) is 2.80. The number of nitrogens with one attached hydrogen (secondary N) is 1. The van der Waals surface area contributed by atoms with Gasteiger partial charge in [0, 0.05) is 18.3 Å². The van der Waals surface area contributed by atoms with Gasteiger partial charge >= 0.3 is 0 Å². The lowest BCUT2D eigenvalue weighted by Crippen LogP contribution is -2.27. The first-order valence-electron chi connectivity index (χ1n) is 5.51. The lowest BCUT2D eigenvalue weighted by atomic mass is 10.0. The van der Waals surface area contributed by atoms with E-state index >= 15 is 0 Å². The Hall–Kier alpha value is -0.830. The predicted molar refractivity (Wildman–Crippen MR) is 57.4 cm³/mol. The van der Waals surface area contributed by atoms with Crippen LogP contribution < -0.4 is 5.32 Å². The second-order valence-corrected chi connectivity index (χ2v) is 4.19. The van der Waals surface area contributed by atoms with Crippen LogP contribution in [0, 0.1) is 0 Å². The summed E-state index contributed by atoms with van der Waals surface area (Å²) in [6.45, 7) is 3.24. The van der Waals surface area contributed by atoms with Gasteiger partial charge in [-0.25, -0.2) is 4.98 Å². The Kier molecular flexibility index (Phi) is 2.87. The SMILES string of the molecule is CNC(C)Cn1cnc2c1CCCC2. The number of rotatable bonds is 3. The highest BCUT2D eigenvalue weighted by molar-refractivity contribution is 5.16. The van der Waals surface area contributed by atoms with Gasteiger partial charge in [-0.05, 0) is 39.7 Å². The Morgan fingerprint density at radius 1 is 1.50 bits per heavy atom. The van der Waals surface area contributed by atoms with Crippen LogP contribution in [0.3, 0.4) is 0 Å². The maximum atomic E-state index is 4.48. The molecule has 0 spiro atoms. The highest BCUT2D eigenvalue weighted by Crippen LogP contribution is 2.19. The summed E-state index contributed by atoms with van der Waals surface area (Å²) in [6, 6.07) is 0.523. The fraction of sp³-hybridized carbons (Fsp3) is 0.727. The molecule has 1 aromatic heterocycles. The molecule has 1 atom stereocenters. The highest BCUT2D eigenvalue weighted by atomic mass is 15.1. The van der Waals surface area contributed by atoms with Gasteiger partial charge in [0.15, 0.2) is 0 Å². The molecule has 1 heterocycles. The minimum atomic E-state index is 0.523. The highest BCUT2D eigenvalue weighted by Gasteiger charge is 2.15. The van der Waals surface area contributed by atoms with Gasteiger partial charge < -0.3 is 9.88 Å². The van der Waals surface area contributed by atoms with Gasteiger partial charge in [-0.3, -0.25) is 0 Å². The van der Waals surface area contributed by atoms with Gasteiger partial charge in [0.25, 0.3) is 0 Å². The van der Waals surface area contributed by atoms with Crippen molar-refractivity contribution in [2.24, 2.45) is 0 Å². The normalized spacial score (nSPS) is 17.9. The van der Waals surface area contributed by atoms with E-state index in [0.717, 1.165) is 6.54 Å². The van der Waals surface area contributed by atoms with Crippen molar-refractivity contribution < 1.29 is 0 Å². The van der Waals surface area contributed by atoms with Gasteiger partial charge in [0.05, 0.1) is 12.0 Å². The number of hydrogen-bond donors (Lipinski definition) is 1. The van der Waals surface area contributed by atoms with Crippen LogP contribution in [0.25, 0.3) is 0 Å². The molecule has 0 saturated carbocycles. The Morgan fingerprint density at radius 2 is 2.29 bits per heavy atom. The van der Waals surface area contributed by atoms with E-state index in [9.17, 15) is 0 Å². The van der Waals surface area contributed by atoms with Crippen molar-refractivity contribution in [3.63, 3.8) is 0 Å². The van der Waals surface area contributed by atoms with Crippen molar-refractivity contribution in [2.45, 2.75) is 45.2 Å². The average Bonchev–Trinajstić information content (AvgIpc) is 2.62. The van der Waals surface area contributed by atoms with Crippen molar-refractivity contribution in [1.82, 2.24) is 14.9 Å². The molecule has 3 heteroatoms. The molecule has 0 fully saturated rings. The van der Waals surface area contributed by atoms with Crippen molar-refractivity contribution in [3.05, 3.63) is 17.7 Å². The Labute approximate surface area is 85.5 Å². The molecule has 0 aliphatic heterocycles. The van der Waals surface area contributed by atoms with E-state index in [2.05, 4.69) is 21.8 Å². The molecule has 0 aromatic carbocycles. The molecule has 0 bridgehead atoms. The Balaban J connectivity index is 2.14. The molecule has 78 valence electrons. The molecule has 2 rings (SSSR count).